The molecule has 0 saturated heterocycles. The Morgan fingerprint density at radius 3 is 2.32 bits per heavy atom. The number of nitro groups is 1. The second-order valence-corrected chi connectivity index (χ2v) is 11.1. The lowest BCUT2D eigenvalue weighted by Gasteiger charge is -2.58. The monoisotopic (exact) mass is 449 g/mol. The number of non-ortho nitro benzene ring substituents is 1. The summed E-state index contributed by atoms with van der Waals surface area (Å²) in [7, 11) is -4.26. The van der Waals surface area contributed by atoms with Crippen molar-refractivity contribution < 1.29 is 27.1 Å². The number of nitro benzene ring substituents is 1. The number of esters is 1. The number of hydrogen-bond donors (Lipinski definition) is 0. The molecule has 4 aliphatic carbocycles. The van der Waals surface area contributed by atoms with Crippen molar-refractivity contribution >= 4 is 21.8 Å². The summed E-state index contributed by atoms with van der Waals surface area (Å²) in [5, 5.41) is 11.0. The summed E-state index contributed by atoms with van der Waals surface area (Å²) in [6.07, 6.45) is 5.54. The number of rotatable bonds is 8. The Morgan fingerprint density at radius 1 is 1.23 bits per heavy atom. The number of benzene rings is 1. The molecule has 1 unspecified atom stereocenters. The van der Waals surface area contributed by atoms with Gasteiger partial charge < -0.3 is 4.74 Å². The molecule has 1 aromatic carbocycles. The molecule has 9 heteroatoms. The molecule has 0 aromatic heterocycles. The molecule has 0 aliphatic heterocycles. The molecule has 0 amide bonds. The first-order valence-electron chi connectivity index (χ1n) is 10.6. The van der Waals surface area contributed by atoms with E-state index >= 15 is 0 Å². The molecule has 0 N–H and O–H groups in total. The van der Waals surface area contributed by atoms with Gasteiger partial charge in [0.1, 0.15) is 17.6 Å². The lowest BCUT2D eigenvalue weighted by Crippen LogP contribution is -2.54. The first-order valence-corrected chi connectivity index (χ1v) is 12.0. The molecule has 0 heterocycles. The maximum absolute atomic E-state index is 12.8. The van der Waals surface area contributed by atoms with Crippen LogP contribution in [0.1, 0.15) is 45.4 Å². The smallest absolute Gasteiger partial charge is 0.333 e. The molecule has 4 saturated carbocycles. The van der Waals surface area contributed by atoms with Crippen LogP contribution in [0.2, 0.25) is 0 Å². The van der Waals surface area contributed by atoms with Crippen LogP contribution in [0.5, 0.6) is 0 Å². The summed E-state index contributed by atoms with van der Waals surface area (Å²) in [6.45, 7) is 4.89. The highest BCUT2D eigenvalue weighted by molar-refractivity contribution is 7.86. The average Bonchev–Trinajstić information content (AvgIpc) is 2.69. The fourth-order valence-corrected chi connectivity index (χ4v) is 7.06. The van der Waals surface area contributed by atoms with E-state index in [2.05, 4.69) is 6.58 Å². The summed E-state index contributed by atoms with van der Waals surface area (Å²) in [5.41, 5.74) is -0.384. The Balaban J connectivity index is 1.57. The van der Waals surface area contributed by atoms with Crippen LogP contribution in [-0.2, 0) is 23.8 Å². The predicted octanol–water partition coefficient (Wildman–Crippen LogP) is 4.00. The van der Waals surface area contributed by atoms with Gasteiger partial charge in [-0.25, -0.2) is 4.79 Å². The minimum atomic E-state index is -4.26. The molecule has 4 fully saturated rings. The Hall–Kier alpha value is -2.26. The van der Waals surface area contributed by atoms with Gasteiger partial charge in [0.15, 0.2) is 0 Å². The standard InChI is InChI=1S/C22H27NO7S/c1-14(2)21(24)30-20(22-10-15-6-16(11-22)8-17(7-15)12-22)13-29-31(27,28)19-5-3-4-18(9-19)23(25)26/h3-5,9,15-17,20H,1,6-8,10-13H2,2H3. The van der Waals surface area contributed by atoms with Crippen molar-refractivity contribution in [2.24, 2.45) is 23.2 Å². The quantitative estimate of drug-likeness (QED) is 0.194. The second kappa shape index (κ2) is 8.02. The van der Waals surface area contributed by atoms with E-state index in [1.54, 1.807) is 6.92 Å². The van der Waals surface area contributed by atoms with Gasteiger partial charge >= 0.3 is 5.97 Å². The molecule has 31 heavy (non-hydrogen) atoms. The van der Waals surface area contributed by atoms with Gasteiger partial charge in [0, 0.05) is 23.1 Å². The van der Waals surface area contributed by atoms with Crippen LogP contribution in [-0.4, -0.2) is 32.0 Å². The average molecular weight is 450 g/mol. The Kier molecular flexibility index (Phi) is 5.68. The molecular weight excluding hydrogens is 422 g/mol. The van der Waals surface area contributed by atoms with Crippen LogP contribution in [0, 0.1) is 33.3 Å². The number of carbonyl (C=O) groups excluding carboxylic acids is 1. The van der Waals surface area contributed by atoms with E-state index in [4.69, 9.17) is 8.92 Å². The van der Waals surface area contributed by atoms with Crippen molar-refractivity contribution in [2.75, 3.05) is 6.61 Å². The first kappa shape index (κ1) is 22.0. The topological polar surface area (TPSA) is 113 Å². The van der Waals surface area contributed by atoms with Gasteiger partial charge in [-0.2, -0.15) is 8.42 Å². The van der Waals surface area contributed by atoms with Gasteiger partial charge in [0.2, 0.25) is 0 Å². The van der Waals surface area contributed by atoms with Crippen LogP contribution in [0.25, 0.3) is 0 Å². The molecule has 1 aromatic rings. The molecule has 0 radical (unpaired) electrons. The van der Waals surface area contributed by atoms with Gasteiger partial charge in [-0.05, 0) is 69.3 Å². The van der Waals surface area contributed by atoms with E-state index < -0.39 is 27.1 Å². The summed E-state index contributed by atoms with van der Waals surface area (Å²) in [5.74, 6) is 1.17. The zero-order valence-electron chi connectivity index (χ0n) is 17.5. The van der Waals surface area contributed by atoms with E-state index in [0.29, 0.717) is 17.8 Å². The molecule has 4 aliphatic rings. The number of nitrogens with zero attached hydrogens (tertiary/aromatic N) is 1. The van der Waals surface area contributed by atoms with Crippen molar-refractivity contribution in [1.82, 2.24) is 0 Å². The predicted molar refractivity (Wildman–Crippen MR) is 112 cm³/mol. The Labute approximate surface area is 181 Å². The van der Waals surface area contributed by atoms with E-state index in [9.17, 15) is 23.3 Å². The number of carbonyl (C=O) groups is 1. The van der Waals surface area contributed by atoms with Crippen molar-refractivity contribution in [3.05, 3.63) is 46.5 Å². The van der Waals surface area contributed by atoms with E-state index in [1.165, 1.54) is 37.5 Å². The lowest BCUT2D eigenvalue weighted by atomic mass is 9.48. The van der Waals surface area contributed by atoms with Gasteiger partial charge in [-0.3, -0.25) is 14.3 Å². The molecular formula is C22H27NO7S. The third kappa shape index (κ3) is 4.39. The van der Waals surface area contributed by atoms with Gasteiger partial charge in [0.25, 0.3) is 15.8 Å². The minimum Gasteiger partial charge on any atom is -0.456 e. The van der Waals surface area contributed by atoms with Crippen LogP contribution in [0.3, 0.4) is 0 Å². The molecule has 0 spiro atoms. The molecule has 5 rings (SSSR count). The summed E-state index contributed by atoms with van der Waals surface area (Å²) in [4.78, 5) is 22.4. The largest absolute Gasteiger partial charge is 0.456 e. The van der Waals surface area contributed by atoms with Gasteiger partial charge in [-0.15, -0.1) is 0 Å². The van der Waals surface area contributed by atoms with Crippen molar-refractivity contribution in [1.29, 1.82) is 0 Å². The summed E-state index contributed by atoms with van der Waals surface area (Å²) < 4.78 is 36.6. The van der Waals surface area contributed by atoms with Crippen molar-refractivity contribution in [3.8, 4) is 0 Å². The highest BCUT2D eigenvalue weighted by atomic mass is 32.2. The Bertz CT molecular complexity index is 981. The molecule has 8 nitrogen and oxygen atoms in total. The fourth-order valence-electron chi connectivity index (χ4n) is 6.11. The third-order valence-corrected chi connectivity index (χ3v) is 8.34. The summed E-state index contributed by atoms with van der Waals surface area (Å²) >= 11 is 0. The molecule has 168 valence electrons. The molecule has 4 bridgehead atoms. The van der Waals surface area contributed by atoms with Crippen molar-refractivity contribution in [2.45, 2.75) is 56.4 Å². The lowest BCUT2D eigenvalue weighted by molar-refractivity contribution is -0.385. The van der Waals surface area contributed by atoms with E-state index in [-0.39, 0.29) is 28.2 Å². The zero-order valence-corrected chi connectivity index (χ0v) is 18.3. The Morgan fingerprint density at radius 2 is 1.81 bits per heavy atom. The van der Waals surface area contributed by atoms with Crippen LogP contribution >= 0.6 is 0 Å². The van der Waals surface area contributed by atoms with Crippen LogP contribution in [0.4, 0.5) is 5.69 Å². The number of ether oxygens (including phenoxy) is 1. The van der Waals surface area contributed by atoms with Gasteiger partial charge in [-0.1, -0.05) is 12.6 Å². The fraction of sp³-hybridized carbons (Fsp3) is 0.591. The number of hydrogen-bond acceptors (Lipinski definition) is 7. The highest BCUT2D eigenvalue weighted by Gasteiger charge is 2.55. The first-order chi connectivity index (χ1) is 14.6. The SMILES string of the molecule is C=C(C)C(=O)OC(COS(=O)(=O)c1cccc([N+](=O)[O-])c1)C12CC3CC(CC(C3)C1)C2. The van der Waals surface area contributed by atoms with Crippen LogP contribution in [0.15, 0.2) is 41.3 Å². The second-order valence-electron chi connectivity index (χ2n) is 9.45. The van der Waals surface area contributed by atoms with Crippen molar-refractivity contribution in [3.63, 3.8) is 0 Å². The molecule has 1 atom stereocenters. The zero-order chi connectivity index (χ0) is 22.4. The third-order valence-electron chi connectivity index (χ3n) is 7.06. The maximum atomic E-state index is 12.8. The maximum Gasteiger partial charge on any atom is 0.333 e. The normalized spacial score (nSPS) is 30.0. The summed E-state index contributed by atoms with van der Waals surface area (Å²) in [6, 6.07) is 4.73. The van der Waals surface area contributed by atoms with E-state index in [0.717, 1.165) is 25.3 Å². The van der Waals surface area contributed by atoms with E-state index in [1.807, 2.05) is 0 Å². The minimum absolute atomic E-state index is 0.247. The van der Waals surface area contributed by atoms with Crippen LogP contribution < -0.4 is 0 Å². The van der Waals surface area contributed by atoms with Gasteiger partial charge in [0.05, 0.1) is 4.92 Å². The highest BCUT2D eigenvalue weighted by Crippen LogP contribution is 2.61.